The molecule has 0 bridgehead atoms. The van der Waals surface area contributed by atoms with Crippen LogP contribution in [-0.2, 0) is 21.6 Å². The van der Waals surface area contributed by atoms with Crippen molar-refractivity contribution in [1.82, 2.24) is 30.0 Å². The molecular weight excluding hydrogens is 866 g/mol. The van der Waals surface area contributed by atoms with Crippen molar-refractivity contribution in [2.75, 3.05) is 68.7 Å². The molecule has 3 aromatic carbocycles. The zero-order chi connectivity index (χ0) is 46.5. The van der Waals surface area contributed by atoms with Crippen molar-refractivity contribution in [2.45, 2.75) is 89.3 Å². The van der Waals surface area contributed by atoms with Crippen LogP contribution < -0.4 is 19.9 Å². The molecule has 15 heteroatoms. The van der Waals surface area contributed by atoms with Gasteiger partial charge in [0.15, 0.2) is 0 Å². The standard InChI is InChI=1S/C52H58ClN9O5/c1-51(2,37-25-35(31-54)26-38(53)27-37)36-3-6-42(7-4-36)67-33-39-11-16-55-50(56-39)61-23-21-60(22-24-61)41-29-52(30-41)14-19-58(20-15-52)32-34-12-17-59(18-13-34)40-5-8-43-44(28-40)49(66)62(48(43)65)45-9-10-46(63)57-47(45)64/h3-8,11,16,25-28,34,41,45H,9-10,12-15,17-24,29-30,32-33H2,1-2H3,(H,57,63,64). The number of amides is 4. The number of nitrogens with zero attached hydrogens (tertiary/aromatic N) is 8. The number of carbonyl (C=O) groups excluding carboxylic acids is 4. The van der Waals surface area contributed by atoms with Crippen molar-refractivity contribution >= 4 is 46.9 Å². The van der Waals surface area contributed by atoms with Crippen molar-refractivity contribution in [3.8, 4) is 11.8 Å². The molecule has 1 unspecified atom stereocenters. The van der Waals surface area contributed by atoms with Gasteiger partial charge in [-0.05, 0) is 135 Å². The molecule has 5 fully saturated rings. The van der Waals surface area contributed by atoms with E-state index in [0.717, 1.165) is 97.8 Å². The zero-order valence-electron chi connectivity index (χ0n) is 38.4. The molecule has 1 spiro atoms. The van der Waals surface area contributed by atoms with E-state index in [1.165, 1.54) is 38.8 Å². The van der Waals surface area contributed by atoms with Crippen molar-refractivity contribution < 1.29 is 23.9 Å². The predicted molar refractivity (Wildman–Crippen MR) is 254 cm³/mol. The lowest BCUT2D eigenvalue weighted by Gasteiger charge is -2.56. The minimum absolute atomic E-state index is 0.106. The monoisotopic (exact) mass is 923 g/mol. The highest BCUT2D eigenvalue weighted by atomic mass is 35.5. The smallest absolute Gasteiger partial charge is 0.262 e. The summed E-state index contributed by atoms with van der Waals surface area (Å²) in [6, 6.07) is 22.8. The Bertz CT molecular complexity index is 2600. The Morgan fingerprint density at radius 3 is 2.27 bits per heavy atom. The number of hydrogen-bond donors (Lipinski definition) is 1. The van der Waals surface area contributed by atoms with Gasteiger partial charge in [0.2, 0.25) is 17.8 Å². The fourth-order valence-electron chi connectivity index (χ4n) is 11.4. The first-order valence-corrected chi connectivity index (χ1v) is 24.3. The number of carbonyl (C=O) groups is 4. The largest absolute Gasteiger partial charge is 0.487 e. The van der Waals surface area contributed by atoms with Gasteiger partial charge in [-0.3, -0.25) is 34.3 Å². The van der Waals surface area contributed by atoms with E-state index in [9.17, 15) is 24.4 Å². The molecule has 1 N–H and O–H groups in total. The van der Waals surface area contributed by atoms with Crippen LogP contribution in [-0.4, -0.2) is 119 Å². The third-order valence-electron chi connectivity index (χ3n) is 15.7. The minimum atomic E-state index is -0.956. The summed E-state index contributed by atoms with van der Waals surface area (Å²) >= 11 is 6.32. The average molecular weight is 925 g/mol. The third-order valence-corrected chi connectivity index (χ3v) is 15.9. The number of benzene rings is 3. The molecule has 1 aromatic heterocycles. The summed E-state index contributed by atoms with van der Waals surface area (Å²) in [5.41, 5.74) is 5.20. The van der Waals surface area contributed by atoms with Crippen LogP contribution in [0.1, 0.15) is 108 Å². The Morgan fingerprint density at radius 2 is 1.55 bits per heavy atom. The van der Waals surface area contributed by atoms with Gasteiger partial charge in [-0.1, -0.05) is 37.6 Å². The number of piperazine rings is 1. The summed E-state index contributed by atoms with van der Waals surface area (Å²) in [6.07, 6.45) is 9.39. The summed E-state index contributed by atoms with van der Waals surface area (Å²) in [5.74, 6) is 0.259. The molecule has 14 nitrogen and oxygen atoms in total. The number of hydrogen-bond acceptors (Lipinski definition) is 12. The summed E-state index contributed by atoms with van der Waals surface area (Å²) in [7, 11) is 0. The molecule has 0 radical (unpaired) electrons. The summed E-state index contributed by atoms with van der Waals surface area (Å²) in [5, 5.41) is 12.3. The van der Waals surface area contributed by atoms with Gasteiger partial charge in [0.05, 0.1) is 28.5 Å². The van der Waals surface area contributed by atoms with Gasteiger partial charge in [-0.15, -0.1) is 0 Å². The number of anilines is 2. The fourth-order valence-corrected chi connectivity index (χ4v) is 11.7. The van der Waals surface area contributed by atoms with Gasteiger partial charge in [0.25, 0.3) is 11.8 Å². The van der Waals surface area contributed by atoms with Gasteiger partial charge in [0.1, 0.15) is 18.4 Å². The molecule has 6 heterocycles. The van der Waals surface area contributed by atoms with Crippen LogP contribution in [0.4, 0.5) is 11.6 Å². The lowest BCUT2D eigenvalue weighted by molar-refractivity contribution is -0.136. The number of likely N-dealkylation sites (tertiary alicyclic amines) is 1. The normalized spacial score (nSPS) is 21.9. The number of nitriles is 1. The van der Waals surface area contributed by atoms with Crippen LogP contribution >= 0.6 is 11.6 Å². The van der Waals surface area contributed by atoms with Crippen LogP contribution in [0.15, 0.2) is 72.9 Å². The SMILES string of the molecule is CC(C)(c1ccc(OCc2ccnc(N3CCN(C4CC5(CCN(CC6CCN(c7ccc8c(c7)C(=O)N(C7CCC(=O)NC7=O)C8=O)CC6)CC5)C4)CC3)n2)cc1)c1cc(Cl)cc(C#N)c1. The Hall–Kier alpha value is -5.88. The van der Waals surface area contributed by atoms with Crippen molar-refractivity contribution in [3.63, 3.8) is 0 Å². The highest BCUT2D eigenvalue weighted by Crippen LogP contribution is 2.51. The first kappa shape index (κ1) is 44.9. The van der Waals surface area contributed by atoms with E-state index in [2.05, 4.69) is 61.9 Å². The number of ether oxygens (including phenoxy) is 1. The molecule has 4 amide bonds. The maximum Gasteiger partial charge on any atom is 0.262 e. The molecule has 1 aliphatic carbocycles. The molecule has 5 aliphatic heterocycles. The number of nitrogens with one attached hydrogen (secondary N) is 1. The molecule has 4 saturated heterocycles. The van der Waals surface area contributed by atoms with Gasteiger partial charge in [-0.25, -0.2) is 9.97 Å². The number of aromatic nitrogens is 2. The second-order valence-electron chi connectivity index (χ2n) is 20.1. The van der Waals surface area contributed by atoms with Crippen LogP contribution in [0.3, 0.4) is 0 Å². The molecule has 10 rings (SSSR count). The molecule has 67 heavy (non-hydrogen) atoms. The molecular formula is C52H58ClN9O5. The molecule has 4 aromatic rings. The lowest BCUT2D eigenvalue weighted by Crippen LogP contribution is -2.59. The number of piperidine rings is 3. The number of rotatable bonds is 11. The molecule has 348 valence electrons. The van der Waals surface area contributed by atoms with Crippen molar-refractivity contribution in [3.05, 3.63) is 111 Å². The van der Waals surface area contributed by atoms with Crippen LogP contribution in [0.5, 0.6) is 5.75 Å². The first-order valence-electron chi connectivity index (χ1n) is 23.9. The van der Waals surface area contributed by atoms with Gasteiger partial charge in [-0.2, -0.15) is 5.26 Å². The lowest BCUT2D eigenvalue weighted by atomic mass is 9.60. The quantitative estimate of drug-likeness (QED) is 0.162. The van der Waals surface area contributed by atoms with Gasteiger partial charge in [0, 0.05) is 80.6 Å². The minimum Gasteiger partial charge on any atom is -0.487 e. The van der Waals surface area contributed by atoms with Crippen LogP contribution in [0.25, 0.3) is 0 Å². The highest BCUT2D eigenvalue weighted by Gasteiger charge is 2.49. The molecule has 1 saturated carbocycles. The fraction of sp³-hybridized carbons (Fsp3) is 0.481. The van der Waals surface area contributed by atoms with E-state index in [1.807, 2.05) is 48.7 Å². The zero-order valence-corrected chi connectivity index (χ0v) is 39.1. The Morgan fingerprint density at radius 1 is 0.821 bits per heavy atom. The van der Waals surface area contributed by atoms with E-state index in [0.29, 0.717) is 45.7 Å². The van der Waals surface area contributed by atoms with E-state index < -0.39 is 23.8 Å². The van der Waals surface area contributed by atoms with Crippen molar-refractivity contribution in [2.24, 2.45) is 11.3 Å². The van der Waals surface area contributed by atoms with Crippen LogP contribution in [0, 0.1) is 22.7 Å². The third kappa shape index (κ3) is 9.13. The van der Waals surface area contributed by atoms with E-state index in [1.54, 1.807) is 12.1 Å². The number of halogens is 1. The predicted octanol–water partition coefficient (Wildman–Crippen LogP) is 6.59. The number of imide groups is 2. The Balaban J connectivity index is 0.637. The Labute approximate surface area is 397 Å². The van der Waals surface area contributed by atoms with E-state index in [4.69, 9.17) is 21.3 Å². The van der Waals surface area contributed by atoms with E-state index in [-0.39, 0.29) is 24.2 Å². The molecule has 1 atom stereocenters. The van der Waals surface area contributed by atoms with Crippen molar-refractivity contribution in [1.29, 1.82) is 5.26 Å². The second kappa shape index (κ2) is 18.3. The first-order chi connectivity index (χ1) is 32.3. The summed E-state index contributed by atoms with van der Waals surface area (Å²) < 4.78 is 6.17. The highest BCUT2D eigenvalue weighted by molar-refractivity contribution is 6.30. The maximum absolute atomic E-state index is 13.4. The molecule has 6 aliphatic rings. The Kier molecular flexibility index (Phi) is 12.3. The summed E-state index contributed by atoms with van der Waals surface area (Å²) in [6.45, 7) is 13.7. The number of fused-ring (bicyclic) bond motifs is 1. The average Bonchev–Trinajstić information content (AvgIpc) is 3.58. The van der Waals surface area contributed by atoms with Gasteiger partial charge >= 0.3 is 0 Å². The topological polar surface area (TPSA) is 155 Å². The van der Waals surface area contributed by atoms with E-state index >= 15 is 0 Å². The van der Waals surface area contributed by atoms with Gasteiger partial charge < -0.3 is 19.4 Å². The van der Waals surface area contributed by atoms with Crippen LogP contribution in [0.2, 0.25) is 5.02 Å². The maximum atomic E-state index is 13.4. The second-order valence-corrected chi connectivity index (χ2v) is 20.6. The summed E-state index contributed by atoms with van der Waals surface area (Å²) in [4.78, 5) is 71.3.